The Kier molecular flexibility index (Phi) is 24.6. The van der Waals surface area contributed by atoms with Gasteiger partial charge >= 0.3 is 114 Å². The number of carbonyl (C=O) groups is 2. The third kappa shape index (κ3) is 22.9. The van der Waals surface area contributed by atoms with Gasteiger partial charge in [-0.2, -0.15) is 0 Å². The predicted octanol–water partition coefficient (Wildman–Crippen LogP) is 7.93. The molecule has 1 aliphatic heterocycles. The van der Waals surface area contributed by atoms with Gasteiger partial charge in [0.1, 0.15) is 0 Å². The Hall–Kier alpha value is -0.880. The Morgan fingerprint density at radius 2 is 0.971 bits per heavy atom. The van der Waals surface area contributed by atoms with Crippen LogP contribution >= 0.6 is 0 Å². The van der Waals surface area contributed by atoms with Crippen LogP contribution in [0.25, 0.3) is 0 Å². The second kappa shape index (κ2) is 25.2. The van der Waals surface area contributed by atoms with E-state index in [9.17, 15) is 9.59 Å². The van der Waals surface area contributed by atoms with Gasteiger partial charge < -0.3 is 14.9 Å². The number of hydrogen-bond donors (Lipinski definition) is 2. The van der Waals surface area contributed by atoms with Crippen LogP contribution in [-0.2, 0) is 4.74 Å². The maximum atomic E-state index is 10.5. The van der Waals surface area contributed by atoms with Crippen molar-refractivity contribution in [2.75, 3.05) is 13.2 Å². The fourth-order valence-corrected chi connectivity index (χ4v) is 4.15. The van der Waals surface area contributed by atoms with E-state index in [2.05, 4.69) is 11.7 Å². The zero-order chi connectivity index (χ0) is 25.3. The van der Waals surface area contributed by atoms with Gasteiger partial charge in [0, 0.05) is 0 Å². The molecule has 0 aromatic heterocycles. The molecule has 0 saturated carbocycles. The van der Waals surface area contributed by atoms with E-state index in [1.165, 1.54) is 159 Å². The molecule has 2 N–H and O–H groups in total. The van der Waals surface area contributed by atoms with Crippen molar-refractivity contribution in [3.63, 3.8) is 0 Å². The van der Waals surface area contributed by atoms with E-state index in [1.807, 2.05) is 0 Å². The molecule has 190 valence electrons. The van der Waals surface area contributed by atoms with Crippen molar-refractivity contribution in [1.82, 2.24) is 0 Å². The van der Waals surface area contributed by atoms with Crippen molar-refractivity contribution in [2.45, 2.75) is 113 Å². The van der Waals surface area contributed by atoms with Crippen molar-refractivity contribution in [2.24, 2.45) is 0 Å². The van der Waals surface area contributed by atoms with E-state index in [-0.39, 0.29) is 11.1 Å². The molecular weight excluding hydrogens is 439 g/mol. The van der Waals surface area contributed by atoms with Crippen LogP contribution in [0.15, 0.2) is 24.3 Å². The molecule has 2 rings (SSSR count). The van der Waals surface area contributed by atoms with Gasteiger partial charge in [-0.05, 0) is 12.1 Å². The second-order valence-corrected chi connectivity index (χ2v) is 10.1. The average molecular weight is 487 g/mol. The van der Waals surface area contributed by atoms with Crippen LogP contribution in [0.3, 0.4) is 0 Å². The molecular formula is C28H47NaO5. The van der Waals surface area contributed by atoms with Crippen LogP contribution in [0.5, 0.6) is 0 Å². The third-order valence-corrected chi connectivity index (χ3v) is 6.51. The first-order valence-electron chi connectivity index (χ1n) is 13.7. The average Bonchev–Trinajstić information content (AvgIpc) is 3.72. The van der Waals surface area contributed by atoms with Crippen LogP contribution in [0, 0.1) is 0 Å². The molecule has 0 aliphatic carbocycles. The Morgan fingerprint density at radius 3 is 1.21 bits per heavy atom. The number of epoxide rings is 1. The van der Waals surface area contributed by atoms with E-state index in [0.717, 1.165) is 13.2 Å². The molecule has 0 spiro atoms. The minimum atomic E-state index is -1.23. The Bertz CT molecular complexity index is 567. The Morgan fingerprint density at radius 1 is 0.676 bits per heavy atom. The summed E-state index contributed by atoms with van der Waals surface area (Å²) < 4.78 is 6.01. The van der Waals surface area contributed by atoms with Gasteiger partial charge in [0.05, 0.1) is 24.3 Å². The van der Waals surface area contributed by atoms with Gasteiger partial charge in [-0.3, -0.25) is 0 Å². The number of hydrogen-bond acceptors (Lipinski definition) is 3. The Balaban J connectivity index is 0.000000608. The molecule has 6 heteroatoms. The summed E-state index contributed by atoms with van der Waals surface area (Å²) in [5.41, 5.74) is -0.380. The molecule has 1 aliphatic rings. The number of aromatic carboxylic acids is 2. The molecule has 0 amide bonds. The van der Waals surface area contributed by atoms with Crippen molar-refractivity contribution >= 4 is 39.9 Å². The zero-order valence-electron chi connectivity index (χ0n) is 21.9. The molecule has 0 radical (unpaired) electrons. The van der Waals surface area contributed by atoms with Crippen LogP contribution in [-0.4, -0.2) is 63.3 Å². The normalized spacial score (nSPS) is 11.6. The van der Waals surface area contributed by atoms with E-state index < -0.39 is 11.9 Å². The van der Waals surface area contributed by atoms with E-state index in [1.54, 1.807) is 0 Å². The van der Waals surface area contributed by atoms with E-state index in [4.69, 9.17) is 10.2 Å². The topological polar surface area (TPSA) is 87.1 Å². The molecule has 1 aromatic rings. The second-order valence-electron chi connectivity index (χ2n) is 9.07. The van der Waals surface area contributed by atoms with Gasteiger partial charge in [-0.1, -0.05) is 51.2 Å². The summed E-state index contributed by atoms with van der Waals surface area (Å²) >= 11 is 1.41. The van der Waals surface area contributed by atoms with Crippen molar-refractivity contribution < 1.29 is 24.5 Å². The maximum Gasteiger partial charge on any atom is 0.336 e. The monoisotopic (exact) mass is 486 g/mol. The maximum absolute atomic E-state index is 10.5. The number of ether oxygens (including phenoxy) is 1. The smallest absolute Gasteiger partial charge is 0.336 e. The SMILES string of the molecule is C1CO1.CCCCCCCCCCCCCCCCC[CH2][Na].O=C(O)c1ccccc1C(=O)O. The quantitative estimate of drug-likeness (QED) is 0.125. The largest absolute Gasteiger partial charge is 0.478 e. The van der Waals surface area contributed by atoms with Crippen molar-refractivity contribution in [3.8, 4) is 0 Å². The molecule has 0 atom stereocenters. The first-order chi connectivity index (χ1) is 16.5. The molecule has 0 bridgehead atoms. The van der Waals surface area contributed by atoms with Crippen LogP contribution in [0.1, 0.15) is 130 Å². The predicted molar refractivity (Wildman–Crippen MR) is 141 cm³/mol. The number of benzene rings is 1. The summed E-state index contributed by atoms with van der Waals surface area (Å²) in [4.78, 5) is 20.9. The summed E-state index contributed by atoms with van der Waals surface area (Å²) in [5.74, 6) is -2.46. The van der Waals surface area contributed by atoms with Crippen LogP contribution in [0.2, 0.25) is 3.67 Å². The van der Waals surface area contributed by atoms with Crippen molar-refractivity contribution in [3.05, 3.63) is 35.4 Å². The van der Waals surface area contributed by atoms with Gasteiger partial charge in [0.2, 0.25) is 0 Å². The van der Waals surface area contributed by atoms with E-state index >= 15 is 0 Å². The van der Waals surface area contributed by atoms with Crippen LogP contribution in [0.4, 0.5) is 0 Å². The molecule has 1 aromatic carbocycles. The third-order valence-electron chi connectivity index (χ3n) is 5.80. The van der Waals surface area contributed by atoms with Gasteiger partial charge in [0.25, 0.3) is 0 Å². The summed E-state index contributed by atoms with van der Waals surface area (Å²) in [5, 5.41) is 17.1. The first kappa shape index (κ1) is 33.1. The molecule has 1 heterocycles. The fourth-order valence-electron chi connectivity index (χ4n) is 3.65. The Labute approximate surface area is 225 Å². The van der Waals surface area contributed by atoms with Crippen LogP contribution < -0.4 is 0 Å². The standard InChI is InChI=1S/C18H37.C8H6O4.C2H4O.Na/c1-3-5-7-9-11-13-15-17-18-16-14-12-10-8-6-4-2;9-7(10)5-3-1-2-4-6(5)8(11)12;1-2-3-1;/h1,3-18H2,2H3;1-4H,(H,9,10)(H,11,12);1-2H2;. The zero-order valence-corrected chi connectivity index (χ0v) is 23.9. The number of carboxylic acid groups (broad SMARTS) is 2. The minimum Gasteiger partial charge on any atom is -0.478 e. The van der Waals surface area contributed by atoms with Gasteiger partial charge in [-0.15, -0.1) is 0 Å². The van der Waals surface area contributed by atoms with E-state index in [0.29, 0.717) is 0 Å². The molecule has 1 fully saturated rings. The fraction of sp³-hybridized carbons (Fsp3) is 0.714. The molecule has 34 heavy (non-hydrogen) atoms. The number of rotatable bonds is 18. The van der Waals surface area contributed by atoms with Gasteiger partial charge in [0.15, 0.2) is 0 Å². The molecule has 5 nitrogen and oxygen atoms in total. The first-order valence-corrected chi connectivity index (χ1v) is 15.1. The summed E-state index contributed by atoms with van der Waals surface area (Å²) in [6, 6.07) is 5.48. The summed E-state index contributed by atoms with van der Waals surface area (Å²) in [7, 11) is 0. The minimum absolute atomic E-state index is 0.190. The summed E-state index contributed by atoms with van der Waals surface area (Å²) in [6.45, 7) is 4.30. The molecule has 1 saturated heterocycles. The van der Waals surface area contributed by atoms with Crippen molar-refractivity contribution in [1.29, 1.82) is 0 Å². The molecule has 0 unspecified atom stereocenters. The van der Waals surface area contributed by atoms with Gasteiger partial charge in [-0.25, -0.2) is 9.59 Å². The number of unbranched alkanes of at least 4 members (excludes halogenated alkanes) is 15. The number of carboxylic acids is 2. The summed E-state index contributed by atoms with van der Waals surface area (Å²) in [6.07, 6.45) is 23.7.